The van der Waals surface area contributed by atoms with E-state index in [9.17, 15) is 0 Å². The van der Waals surface area contributed by atoms with Crippen LogP contribution < -0.4 is 5.32 Å². The molecule has 1 aromatic heterocycles. The van der Waals surface area contributed by atoms with Gasteiger partial charge in [-0.1, -0.05) is 13.3 Å². The molecule has 0 bridgehead atoms. The van der Waals surface area contributed by atoms with Gasteiger partial charge in [-0.2, -0.15) is 5.10 Å². The lowest BCUT2D eigenvalue weighted by atomic mass is 10.0. The summed E-state index contributed by atoms with van der Waals surface area (Å²) in [7, 11) is 2.05. The molecule has 2 aliphatic carbocycles. The fraction of sp³-hybridized carbons (Fsp3) is 0.786. The fourth-order valence-corrected chi connectivity index (χ4v) is 4.45. The van der Waals surface area contributed by atoms with Crippen LogP contribution in [0, 0.1) is 17.8 Å². The average molecular weight is 312 g/mol. The van der Waals surface area contributed by atoms with Gasteiger partial charge in [0, 0.05) is 7.05 Å². The highest BCUT2D eigenvalue weighted by atomic mass is 79.9. The number of nitrogens with zero attached hydrogens (tertiary/aromatic N) is 2. The molecule has 0 amide bonds. The van der Waals surface area contributed by atoms with E-state index in [0.29, 0.717) is 6.04 Å². The van der Waals surface area contributed by atoms with Gasteiger partial charge in [-0.15, -0.1) is 0 Å². The molecule has 0 aliphatic heterocycles. The molecule has 0 saturated heterocycles. The highest BCUT2D eigenvalue weighted by molar-refractivity contribution is 9.10. The van der Waals surface area contributed by atoms with Crippen molar-refractivity contribution in [2.45, 2.75) is 38.6 Å². The molecule has 3 rings (SSSR count). The van der Waals surface area contributed by atoms with Crippen LogP contribution >= 0.6 is 15.9 Å². The molecular formula is C14H22BrN3. The van der Waals surface area contributed by atoms with Crippen LogP contribution in [0.1, 0.15) is 44.3 Å². The van der Waals surface area contributed by atoms with Gasteiger partial charge in [-0.25, -0.2) is 0 Å². The molecular weight excluding hydrogens is 290 g/mol. The lowest BCUT2D eigenvalue weighted by Gasteiger charge is -2.21. The SMILES string of the molecule is CCCNC(c1c(Br)cnn1C)C1C2CCCC21. The van der Waals surface area contributed by atoms with E-state index in [2.05, 4.69) is 40.3 Å². The van der Waals surface area contributed by atoms with Crippen molar-refractivity contribution in [2.24, 2.45) is 24.8 Å². The van der Waals surface area contributed by atoms with Gasteiger partial charge in [0.2, 0.25) is 0 Å². The van der Waals surface area contributed by atoms with E-state index in [1.807, 2.05) is 10.9 Å². The van der Waals surface area contributed by atoms with Crippen LogP contribution in [-0.2, 0) is 7.05 Å². The van der Waals surface area contributed by atoms with Crippen molar-refractivity contribution in [3.05, 3.63) is 16.4 Å². The highest BCUT2D eigenvalue weighted by Gasteiger charge is 2.56. The first-order valence-corrected chi connectivity index (χ1v) is 7.94. The Morgan fingerprint density at radius 1 is 1.50 bits per heavy atom. The summed E-state index contributed by atoms with van der Waals surface area (Å²) in [4.78, 5) is 0. The number of hydrogen-bond acceptors (Lipinski definition) is 2. The second-order valence-corrected chi connectivity index (χ2v) is 6.62. The second kappa shape index (κ2) is 4.97. The second-order valence-electron chi connectivity index (χ2n) is 5.77. The van der Waals surface area contributed by atoms with Crippen LogP contribution in [0.3, 0.4) is 0 Å². The van der Waals surface area contributed by atoms with Crippen molar-refractivity contribution in [3.63, 3.8) is 0 Å². The van der Waals surface area contributed by atoms with Crippen LogP contribution in [0.2, 0.25) is 0 Å². The van der Waals surface area contributed by atoms with E-state index >= 15 is 0 Å². The summed E-state index contributed by atoms with van der Waals surface area (Å²) in [5.74, 6) is 2.79. The van der Waals surface area contributed by atoms with E-state index in [1.165, 1.54) is 31.4 Å². The molecule has 1 heterocycles. The lowest BCUT2D eigenvalue weighted by Crippen LogP contribution is -2.27. The Labute approximate surface area is 117 Å². The zero-order valence-electron chi connectivity index (χ0n) is 11.2. The van der Waals surface area contributed by atoms with Gasteiger partial charge in [0.1, 0.15) is 0 Å². The predicted octanol–water partition coefficient (Wildman–Crippen LogP) is 3.27. The summed E-state index contributed by atoms with van der Waals surface area (Å²) in [6, 6.07) is 0.488. The Hall–Kier alpha value is -0.350. The van der Waals surface area contributed by atoms with Crippen LogP contribution in [0.4, 0.5) is 0 Å². The average Bonchev–Trinajstić information content (AvgIpc) is 2.71. The summed E-state index contributed by atoms with van der Waals surface area (Å²) in [6.45, 7) is 3.33. The third-order valence-corrected chi connectivity index (χ3v) is 5.32. The summed E-state index contributed by atoms with van der Waals surface area (Å²) < 4.78 is 3.19. The molecule has 0 spiro atoms. The molecule has 100 valence electrons. The van der Waals surface area contributed by atoms with Gasteiger partial charge in [0.15, 0.2) is 0 Å². The molecule has 1 N–H and O–H groups in total. The molecule has 3 atom stereocenters. The molecule has 2 aliphatic rings. The standard InChI is InChI=1S/C14H22BrN3/c1-3-7-16-13(12-9-5-4-6-10(9)12)14-11(15)8-17-18(14)2/h8-10,12-13,16H,3-7H2,1-2H3. The first-order chi connectivity index (χ1) is 8.74. The van der Waals surface area contributed by atoms with Crippen molar-refractivity contribution in [2.75, 3.05) is 6.54 Å². The smallest absolute Gasteiger partial charge is 0.0695 e. The van der Waals surface area contributed by atoms with Gasteiger partial charge in [-0.05, 0) is 59.5 Å². The monoisotopic (exact) mass is 311 g/mol. The van der Waals surface area contributed by atoms with Crippen molar-refractivity contribution in [3.8, 4) is 0 Å². The van der Waals surface area contributed by atoms with Gasteiger partial charge >= 0.3 is 0 Å². The van der Waals surface area contributed by atoms with Crippen molar-refractivity contribution >= 4 is 15.9 Å². The minimum absolute atomic E-state index is 0.488. The Bertz CT molecular complexity index is 399. The van der Waals surface area contributed by atoms with E-state index in [1.54, 1.807) is 0 Å². The molecule has 18 heavy (non-hydrogen) atoms. The molecule has 0 aromatic carbocycles. The van der Waals surface area contributed by atoms with Gasteiger partial charge in [0.05, 0.1) is 22.4 Å². The topological polar surface area (TPSA) is 29.9 Å². The third-order valence-electron chi connectivity index (χ3n) is 4.70. The maximum absolute atomic E-state index is 4.38. The van der Waals surface area contributed by atoms with E-state index in [4.69, 9.17) is 0 Å². The normalized spacial score (nSPS) is 31.4. The Morgan fingerprint density at radius 2 is 2.22 bits per heavy atom. The molecule has 2 saturated carbocycles. The fourth-order valence-electron chi connectivity index (χ4n) is 3.86. The highest BCUT2D eigenvalue weighted by Crippen LogP contribution is 2.62. The molecule has 4 heteroatoms. The molecule has 3 unspecified atom stereocenters. The number of hydrogen-bond donors (Lipinski definition) is 1. The number of rotatable bonds is 5. The van der Waals surface area contributed by atoms with Crippen LogP contribution in [0.25, 0.3) is 0 Å². The number of aromatic nitrogens is 2. The third kappa shape index (κ3) is 2.03. The minimum Gasteiger partial charge on any atom is -0.308 e. The predicted molar refractivity (Wildman–Crippen MR) is 76.3 cm³/mol. The Morgan fingerprint density at radius 3 is 2.78 bits per heavy atom. The maximum atomic E-state index is 4.38. The summed E-state index contributed by atoms with van der Waals surface area (Å²) >= 11 is 3.66. The molecule has 2 fully saturated rings. The minimum atomic E-state index is 0.488. The van der Waals surface area contributed by atoms with Crippen molar-refractivity contribution in [1.82, 2.24) is 15.1 Å². The molecule has 3 nitrogen and oxygen atoms in total. The van der Waals surface area contributed by atoms with E-state index in [0.717, 1.165) is 28.8 Å². The van der Waals surface area contributed by atoms with Gasteiger partial charge < -0.3 is 5.32 Å². The summed E-state index contributed by atoms with van der Waals surface area (Å²) in [5.41, 5.74) is 1.34. The van der Waals surface area contributed by atoms with Gasteiger partial charge in [-0.3, -0.25) is 4.68 Å². The van der Waals surface area contributed by atoms with Crippen LogP contribution in [-0.4, -0.2) is 16.3 Å². The largest absolute Gasteiger partial charge is 0.308 e. The molecule has 0 radical (unpaired) electrons. The Balaban J connectivity index is 1.82. The first-order valence-electron chi connectivity index (χ1n) is 7.14. The lowest BCUT2D eigenvalue weighted by molar-refractivity contribution is 0.396. The zero-order valence-corrected chi connectivity index (χ0v) is 12.8. The summed E-state index contributed by atoms with van der Waals surface area (Å²) in [6.07, 6.45) is 7.44. The number of nitrogens with one attached hydrogen (secondary N) is 1. The summed E-state index contributed by atoms with van der Waals surface area (Å²) in [5, 5.41) is 8.13. The number of aryl methyl sites for hydroxylation is 1. The van der Waals surface area contributed by atoms with E-state index < -0.39 is 0 Å². The quantitative estimate of drug-likeness (QED) is 0.904. The van der Waals surface area contributed by atoms with Crippen LogP contribution in [0.5, 0.6) is 0 Å². The Kier molecular flexibility index (Phi) is 3.50. The number of halogens is 1. The van der Waals surface area contributed by atoms with Crippen molar-refractivity contribution in [1.29, 1.82) is 0 Å². The van der Waals surface area contributed by atoms with E-state index in [-0.39, 0.29) is 0 Å². The van der Waals surface area contributed by atoms with Crippen molar-refractivity contribution < 1.29 is 0 Å². The maximum Gasteiger partial charge on any atom is 0.0695 e. The van der Waals surface area contributed by atoms with Gasteiger partial charge in [0.25, 0.3) is 0 Å². The zero-order chi connectivity index (χ0) is 12.7. The van der Waals surface area contributed by atoms with Crippen LogP contribution in [0.15, 0.2) is 10.7 Å². The molecule has 1 aromatic rings. The number of fused-ring (bicyclic) bond motifs is 1. The first kappa shape index (κ1) is 12.7.